The van der Waals surface area contributed by atoms with Crippen LogP contribution in [0.1, 0.15) is 45.4 Å². The van der Waals surface area contributed by atoms with Gasteiger partial charge in [-0.15, -0.1) is 0 Å². The lowest BCUT2D eigenvalue weighted by Gasteiger charge is -2.38. The lowest BCUT2D eigenvalue weighted by Crippen LogP contribution is -2.46. The summed E-state index contributed by atoms with van der Waals surface area (Å²) in [6.07, 6.45) is 5.96. The van der Waals surface area contributed by atoms with Gasteiger partial charge in [-0.1, -0.05) is 6.92 Å². The Morgan fingerprint density at radius 3 is 2.84 bits per heavy atom. The number of amides is 1. The molecule has 0 bridgehead atoms. The van der Waals surface area contributed by atoms with Crippen molar-refractivity contribution in [2.75, 3.05) is 19.7 Å². The number of carbonyl (C=O) groups excluding carboxylic acids is 1. The molecule has 1 aliphatic heterocycles. The van der Waals surface area contributed by atoms with Crippen LogP contribution in [-0.2, 0) is 4.79 Å². The average molecular weight is 268 g/mol. The van der Waals surface area contributed by atoms with E-state index in [1.165, 1.54) is 0 Å². The predicted octanol–water partition coefficient (Wildman–Crippen LogP) is 1.37. The molecule has 1 saturated carbocycles. The Labute approximate surface area is 116 Å². The normalized spacial score (nSPS) is 36.3. The first-order chi connectivity index (χ1) is 9.11. The molecule has 110 valence electrons. The molecule has 0 aromatic rings. The molecular formula is C15H28N2O2. The lowest BCUT2D eigenvalue weighted by atomic mass is 9.78. The highest BCUT2D eigenvalue weighted by atomic mass is 16.3. The molecule has 0 aromatic carbocycles. The third-order valence-corrected chi connectivity index (χ3v) is 4.98. The summed E-state index contributed by atoms with van der Waals surface area (Å²) < 4.78 is 0. The first-order valence-electron chi connectivity index (χ1n) is 7.77. The van der Waals surface area contributed by atoms with Crippen LogP contribution < -0.4 is 5.73 Å². The molecule has 2 aliphatic rings. The van der Waals surface area contributed by atoms with Gasteiger partial charge < -0.3 is 15.7 Å². The summed E-state index contributed by atoms with van der Waals surface area (Å²) in [7, 11) is 0. The molecule has 4 unspecified atom stereocenters. The second-order valence-electron chi connectivity index (χ2n) is 6.46. The van der Waals surface area contributed by atoms with Gasteiger partial charge in [0.2, 0.25) is 5.91 Å². The van der Waals surface area contributed by atoms with Crippen LogP contribution in [0.4, 0.5) is 0 Å². The minimum atomic E-state index is 0.138. The van der Waals surface area contributed by atoms with Crippen LogP contribution in [0.25, 0.3) is 0 Å². The van der Waals surface area contributed by atoms with E-state index < -0.39 is 0 Å². The first kappa shape index (κ1) is 14.8. The highest BCUT2D eigenvalue weighted by Gasteiger charge is 2.33. The fraction of sp³-hybridized carbons (Fsp3) is 0.933. The van der Waals surface area contributed by atoms with E-state index in [9.17, 15) is 4.79 Å². The molecule has 19 heavy (non-hydrogen) atoms. The van der Waals surface area contributed by atoms with E-state index >= 15 is 0 Å². The van der Waals surface area contributed by atoms with Gasteiger partial charge >= 0.3 is 0 Å². The second kappa shape index (κ2) is 6.71. The van der Waals surface area contributed by atoms with Crippen LogP contribution in [0.5, 0.6) is 0 Å². The van der Waals surface area contributed by atoms with Crippen molar-refractivity contribution in [1.82, 2.24) is 4.90 Å². The SMILES string of the molecule is CC1CCC(C(=O)N2CCCC(CCO)C2)CC1N. The molecule has 1 amide bonds. The van der Waals surface area contributed by atoms with E-state index in [-0.39, 0.29) is 18.6 Å². The fourth-order valence-electron chi connectivity index (χ4n) is 3.52. The maximum Gasteiger partial charge on any atom is 0.225 e. The molecule has 1 saturated heterocycles. The van der Waals surface area contributed by atoms with Gasteiger partial charge in [0, 0.05) is 31.7 Å². The minimum Gasteiger partial charge on any atom is -0.396 e. The first-order valence-corrected chi connectivity index (χ1v) is 7.77. The molecule has 4 nitrogen and oxygen atoms in total. The molecule has 2 rings (SSSR count). The Bertz CT molecular complexity index is 307. The number of hydrogen-bond donors (Lipinski definition) is 2. The van der Waals surface area contributed by atoms with Gasteiger partial charge in [0.15, 0.2) is 0 Å². The van der Waals surface area contributed by atoms with Crippen LogP contribution in [0, 0.1) is 17.8 Å². The summed E-state index contributed by atoms with van der Waals surface area (Å²) in [5, 5.41) is 9.04. The number of piperidine rings is 1. The zero-order chi connectivity index (χ0) is 13.8. The molecule has 0 radical (unpaired) electrons. The van der Waals surface area contributed by atoms with Gasteiger partial charge in [-0.2, -0.15) is 0 Å². The number of aliphatic hydroxyl groups is 1. The smallest absolute Gasteiger partial charge is 0.225 e. The van der Waals surface area contributed by atoms with E-state index in [1.807, 2.05) is 4.90 Å². The number of rotatable bonds is 3. The van der Waals surface area contributed by atoms with Crippen LogP contribution in [-0.4, -0.2) is 41.7 Å². The van der Waals surface area contributed by atoms with E-state index in [4.69, 9.17) is 10.8 Å². The van der Waals surface area contributed by atoms with Gasteiger partial charge in [0.05, 0.1) is 0 Å². The quantitative estimate of drug-likeness (QED) is 0.812. The van der Waals surface area contributed by atoms with Crippen molar-refractivity contribution >= 4 is 5.91 Å². The van der Waals surface area contributed by atoms with Gasteiger partial charge in [-0.25, -0.2) is 0 Å². The average Bonchev–Trinajstić information content (AvgIpc) is 2.42. The Kier molecular flexibility index (Phi) is 5.22. The van der Waals surface area contributed by atoms with Crippen molar-refractivity contribution in [3.05, 3.63) is 0 Å². The zero-order valence-corrected chi connectivity index (χ0v) is 12.1. The highest BCUT2D eigenvalue weighted by Crippen LogP contribution is 2.30. The van der Waals surface area contributed by atoms with Crippen molar-refractivity contribution in [2.45, 2.75) is 51.5 Å². The summed E-state index contributed by atoms with van der Waals surface area (Å²) in [5.41, 5.74) is 6.11. The van der Waals surface area contributed by atoms with Crippen molar-refractivity contribution < 1.29 is 9.90 Å². The second-order valence-corrected chi connectivity index (χ2v) is 6.46. The van der Waals surface area contributed by atoms with E-state index in [0.29, 0.717) is 17.7 Å². The van der Waals surface area contributed by atoms with Crippen LogP contribution in [0.3, 0.4) is 0 Å². The molecule has 1 aliphatic carbocycles. The Morgan fingerprint density at radius 2 is 2.16 bits per heavy atom. The molecule has 0 aromatic heterocycles. The predicted molar refractivity (Wildman–Crippen MR) is 75.5 cm³/mol. The number of nitrogens with two attached hydrogens (primary N) is 1. The summed E-state index contributed by atoms with van der Waals surface area (Å²) in [5.74, 6) is 1.48. The summed E-state index contributed by atoms with van der Waals surface area (Å²) >= 11 is 0. The Balaban J connectivity index is 1.88. The van der Waals surface area contributed by atoms with E-state index in [1.54, 1.807) is 0 Å². The molecule has 0 spiro atoms. The van der Waals surface area contributed by atoms with Gasteiger partial charge in [-0.05, 0) is 50.4 Å². The van der Waals surface area contributed by atoms with Gasteiger partial charge in [0.1, 0.15) is 0 Å². The standard InChI is InChI=1S/C15H28N2O2/c1-11-4-5-13(9-14(11)16)15(19)17-7-2-3-12(10-17)6-8-18/h11-14,18H,2-10,16H2,1H3. The maximum atomic E-state index is 12.6. The van der Waals surface area contributed by atoms with Crippen LogP contribution in [0.2, 0.25) is 0 Å². The van der Waals surface area contributed by atoms with Crippen LogP contribution in [0.15, 0.2) is 0 Å². The molecular weight excluding hydrogens is 240 g/mol. The minimum absolute atomic E-state index is 0.138. The van der Waals surface area contributed by atoms with Crippen LogP contribution >= 0.6 is 0 Å². The number of nitrogens with zero attached hydrogens (tertiary/aromatic N) is 1. The topological polar surface area (TPSA) is 66.6 Å². The number of carbonyl (C=O) groups is 1. The summed E-state index contributed by atoms with van der Waals surface area (Å²) in [6, 6.07) is 0.181. The third-order valence-electron chi connectivity index (χ3n) is 4.98. The molecule has 1 heterocycles. The van der Waals surface area contributed by atoms with Gasteiger partial charge in [0.25, 0.3) is 0 Å². The number of likely N-dealkylation sites (tertiary alicyclic amines) is 1. The Morgan fingerprint density at radius 1 is 1.37 bits per heavy atom. The lowest BCUT2D eigenvalue weighted by molar-refractivity contribution is -0.139. The molecule has 4 heteroatoms. The highest BCUT2D eigenvalue weighted by molar-refractivity contribution is 5.79. The van der Waals surface area contributed by atoms with E-state index in [2.05, 4.69) is 6.92 Å². The molecule has 3 N–H and O–H groups in total. The Hall–Kier alpha value is -0.610. The van der Waals surface area contributed by atoms with Crippen molar-refractivity contribution in [3.63, 3.8) is 0 Å². The molecule has 2 fully saturated rings. The van der Waals surface area contributed by atoms with E-state index in [0.717, 1.165) is 51.6 Å². The van der Waals surface area contributed by atoms with Crippen molar-refractivity contribution in [1.29, 1.82) is 0 Å². The fourth-order valence-corrected chi connectivity index (χ4v) is 3.52. The largest absolute Gasteiger partial charge is 0.396 e. The monoisotopic (exact) mass is 268 g/mol. The number of aliphatic hydroxyl groups excluding tert-OH is 1. The molecule has 4 atom stereocenters. The van der Waals surface area contributed by atoms with Crippen molar-refractivity contribution in [3.8, 4) is 0 Å². The zero-order valence-electron chi connectivity index (χ0n) is 12.1. The van der Waals surface area contributed by atoms with Crippen molar-refractivity contribution in [2.24, 2.45) is 23.5 Å². The third kappa shape index (κ3) is 3.69. The number of hydrogen-bond acceptors (Lipinski definition) is 3. The summed E-state index contributed by atoms with van der Waals surface area (Å²) in [4.78, 5) is 14.6. The van der Waals surface area contributed by atoms with Gasteiger partial charge in [-0.3, -0.25) is 4.79 Å². The summed E-state index contributed by atoms with van der Waals surface area (Å²) in [6.45, 7) is 4.14. The maximum absolute atomic E-state index is 12.6.